The third-order valence-electron chi connectivity index (χ3n) is 3.29. The van der Waals surface area contributed by atoms with Crippen molar-refractivity contribution in [2.24, 2.45) is 4.99 Å². The van der Waals surface area contributed by atoms with Crippen molar-refractivity contribution in [3.8, 4) is 0 Å². The minimum atomic E-state index is 0.758. The van der Waals surface area contributed by atoms with E-state index in [9.17, 15) is 0 Å². The van der Waals surface area contributed by atoms with E-state index in [1.807, 2.05) is 17.8 Å². The minimum Gasteiger partial charge on any atom is -0.357 e. The van der Waals surface area contributed by atoms with E-state index in [0.29, 0.717) is 0 Å². The average Bonchev–Trinajstić information content (AvgIpc) is 3.07. The van der Waals surface area contributed by atoms with Crippen molar-refractivity contribution in [1.29, 1.82) is 0 Å². The van der Waals surface area contributed by atoms with Gasteiger partial charge in [0.2, 0.25) is 0 Å². The van der Waals surface area contributed by atoms with Crippen molar-refractivity contribution < 1.29 is 0 Å². The Morgan fingerprint density at radius 3 is 2.75 bits per heavy atom. The summed E-state index contributed by atoms with van der Waals surface area (Å²) in [5, 5.41) is 10.0. The summed E-state index contributed by atoms with van der Waals surface area (Å²) in [7, 11) is 0. The molecule has 0 saturated carbocycles. The topological polar surface area (TPSA) is 49.3 Å². The number of nitrogens with zero attached hydrogens (tertiary/aromatic N) is 2. The molecule has 0 aliphatic heterocycles. The van der Waals surface area contributed by atoms with Crippen LogP contribution in [-0.4, -0.2) is 36.3 Å². The molecular formula is C18H26N4S2. The van der Waals surface area contributed by atoms with Gasteiger partial charge in [0.25, 0.3) is 0 Å². The van der Waals surface area contributed by atoms with Gasteiger partial charge in [0.15, 0.2) is 5.96 Å². The Bertz CT molecular complexity index is 610. The summed E-state index contributed by atoms with van der Waals surface area (Å²) in [4.78, 5) is 10.5. The van der Waals surface area contributed by atoms with Crippen LogP contribution < -0.4 is 10.6 Å². The number of rotatable bonds is 9. The molecule has 130 valence electrons. The molecule has 0 radical (unpaired) electrons. The highest BCUT2D eigenvalue weighted by atomic mass is 32.2. The van der Waals surface area contributed by atoms with E-state index in [1.165, 1.54) is 9.90 Å². The fourth-order valence-electron chi connectivity index (χ4n) is 2.11. The number of aromatic nitrogens is 1. The Morgan fingerprint density at radius 1 is 1.21 bits per heavy atom. The van der Waals surface area contributed by atoms with Gasteiger partial charge in [0, 0.05) is 42.1 Å². The molecule has 2 N–H and O–H groups in total. The summed E-state index contributed by atoms with van der Waals surface area (Å²) in [6.07, 6.45) is 1.91. The largest absolute Gasteiger partial charge is 0.357 e. The predicted octanol–water partition coefficient (Wildman–Crippen LogP) is 3.60. The fourth-order valence-corrected chi connectivity index (χ4v) is 3.67. The molecular weight excluding hydrogens is 336 g/mol. The van der Waals surface area contributed by atoms with E-state index < -0.39 is 0 Å². The summed E-state index contributed by atoms with van der Waals surface area (Å²) in [6, 6.07) is 10.5. The van der Waals surface area contributed by atoms with E-state index in [2.05, 4.69) is 64.1 Å². The molecule has 2 aromatic rings. The number of thiazole rings is 1. The highest BCUT2D eigenvalue weighted by Gasteiger charge is 2.01. The first kappa shape index (κ1) is 18.8. The van der Waals surface area contributed by atoms with Crippen LogP contribution in [0.3, 0.4) is 0 Å². The van der Waals surface area contributed by atoms with Crippen LogP contribution in [0, 0.1) is 0 Å². The molecule has 0 fully saturated rings. The molecule has 24 heavy (non-hydrogen) atoms. The van der Waals surface area contributed by atoms with Gasteiger partial charge in [0.05, 0.1) is 10.7 Å². The van der Waals surface area contributed by atoms with E-state index in [0.717, 1.165) is 49.9 Å². The minimum absolute atomic E-state index is 0.758. The van der Waals surface area contributed by atoms with Crippen LogP contribution in [0.5, 0.6) is 0 Å². The van der Waals surface area contributed by atoms with Crippen LogP contribution in [0.4, 0.5) is 0 Å². The number of guanidine groups is 1. The van der Waals surface area contributed by atoms with Crippen molar-refractivity contribution >= 4 is 29.1 Å². The molecule has 1 aromatic heterocycles. The second-order valence-corrected chi connectivity index (χ2v) is 7.30. The molecule has 0 amide bonds. The number of thioether (sulfide) groups is 1. The molecule has 6 heteroatoms. The smallest absolute Gasteiger partial charge is 0.191 e. The maximum atomic E-state index is 4.64. The molecule has 1 aromatic carbocycles. The standard InChI is InChI=1S/C18H26N4S2/c1-3-17-22-15(14-24-17)10-11-20-18(19-4-2)21-12-13-23-16-8-6-5-7-9-16/h5-9,14H,3-4,10-13H2,1-2H3,(H2,19,20,21). The molecule has 0 aliphatic carbocycles. The van der Waals surface area contributed by atoms with Gasteiger partial charge in [-0.25, -0.2) is 4.98 Å². The summed E-state index contributed by atoms with van der Waals surface area (Å²) in [5.74, 6) is 1.90. The van der Waals surface area contributed by atoms with Gasteiger partial charge in [-0.2, -0.15) is 0 Å². The van der Waals surface area contributed by atoms with Crippen LogP contribution in [0.1, 0.15) is 24.5 Å². The zero-order chi connectivity index (χ0) is 17.0. The number of aryl methyl sites for hydroxylation is 1. The predicted molar refractivity (Wildman–Crippen MR) is 106 cm³/mol. The first-order valence-electron chi connectivity index (χ1n) is 8.45. The maximum absolute atomic E-state index is 4.64. The van der Waals surface area contributed by atoms with Crippen LogP contribution in [0.25, 0.3) is 0 Å². The zero-order valence-electron chi connectivity index (χ0n) is 14.4. The van der Waals surface area contributed by atoms with Crippen LogP contribution in [0.15, 0.2) is 45.6 Å². The van der Waals surface area contributed by atoms with Gasteiger partial charge in [-0.15, -0.1) is 23.1 Å². The summed E-state index contributed by atoms with van der Waals surface area (Å²) in [5.41, 5.74) is 1.15. The average molecular weight is 363 g/mol. The van der Waals surface area contributed by atoms with Crippen molar-refractivity contribution in [3.05, 3.63) is 46.4 Å². The second kappa shape index (κ2) is 11.1. The van der Waals surface area contributed by atoms with Gasteiger partial charge in [-0.1, -0.05) is 25.1 Å². The lowest BCUT2D eigenvalue weighted by Gasteiger charge is -2.11. The van der Waals surface area contributed by atoms with Crippen LogP contribution in [0.2, 0.25) is 0 Å². The summed E-state index contributed by atoms with van der Waals surface area (Å²) >= 11 is 3.59. The monoisotopic (exact) mass is 362 g/mol. The van der Waals surface area contributed by atoms with E-state index in [-0.39, 0.29) is 0 Å². The van der Waals surface area contributed by atoms with E-state index in [4.69, 9.17) is 0 Å². The summed E-state index contributed by atoms with van der Waals surface area (Å²) in [6.45, 7) is 6.75. The fraction of sp³-hybridized carbons (Fsp3) is 0.444. The lowest BCUT2D eigenvalue weighted by molar-refractivity contribution is 0.830. The molecule has 0 saturated heterocycles. The number of hydrogen-bond acceptors (Lipinski definition) is 4. The van der Waals surface area contributed by atoms with Crippen molar-refractivity contribution in [3.63, 3.8) is 0 Å². The molecule has 4 nitrogen and oxygen atoms in total. The highest BCUT2D eigenvalue weighted by molar-refractivity contribution is 7.99. The number of hydrogen-bond donors (Lipinski definition) is 2. The Kier molecular flexibility index (Phi) is 8.70. The maximum Gasteiger partial charge on any atom is 0.191 e. The van der Waals surface area contributed by atoms with Gasteiger partial charge in [-0.05, 0) is 25.5 Å². The number of nitrogens with one attached hydrogen (secondary N) is 2. The quantitative estimate of drug-likeness (QED) is 0.310. The van der Waals surface area contributed by atoms with Gasteiger partial charge < -0.3 is 10.6 Å². The molecule has 0 bridgehead atoms. The highest BCUT2D eigenvalue weighted by Crippen LogP contribution is 2.15. The second-order valence-electron chi connectivity index (χ2n) is 5.19. The third kappa shape index (κ3) is 6.93. The van der Waals surface area contributed by atoms with Crippen LogP contribution in [-0.2, 0) is 12.8 Å². The molecule has 0 unspecified atom stereocenters. The number of aliphatic imine (C=N–C) groups is 1. The zero-order valence-corrected chi connectivity index (χ0v) is 16.1. The third-order valence-corrected chi connectivity index (χ3v) is 5.35. The molecule has 0 spiro atoms. The lowest BCUT2D eigenvalue weighted by Crippen LogP contribution is -2.38. The number of benzene rings is 1. The molecule has 0 aliphatic rings. The summed E-state index contributed by atoms with van der Waals surface area (Å²) < 4.78 is 0. The Morgan fingerprint density at radius 2 is 2.04 bits per heavy atom. The van der Waals surface area contributed by atoms with Gasteiger partial charge in [-0.3, -0.25) is 4.99 Å². The SMILES string of the molecule is CCNC(=NCCc1csc(CC)n1)NCCSc1ccccc1. The van der Waals surface area contributed by atoms with E-state index in [1.54, 1.807) is 11.3 Å². The first-order chi connectivity index (χ1) is 11.8. The molecule has 0 atom stereocenters. The van der Waals surface area contributed by atoms with Crippen LogP contribution >= 0.6 is 23.1 Å². The van der Waals surface area contributed by atoms with Crippen molar-refractivity contribution in [2.45, 2.75) is 31.6 Å². The van der Waals surface area contributed by atoms with Gasteiger partial charge >= 0.3 is 0 Å². The first-order valence-corrected chi connectivity index (χ1v) is 10.3. The Labute approximate surface area is 153 Å². The lowest BCUT2D eigenvalue weighted by atomic mass is 10.3. The molecule has 2 rings (SSSR count). The normalized spacial score (nSPS) is 11.5. The van der Waals surface area contributed by atoms with Gasteiger partial charge in [0.1, 0.15) is 0 Å². The van der Waals surface area contributed by atoms with Crippen molar-refractivity contribution in [1.82, 2.24) is 15.6 Å². The Balaban J connectivity index is 1.71. The molecule has 1 heterocycles. The Hall–Kier alpha value is -1.53. The van der Waals surface area contributed by atoms with E-state index >= 15 is 0 Å². The van der Waals surface area contributed by atoms with Crippen molar-refractivity contribution in [2.75, 3.05) is 25.4 Å².